The first-order valence-electron chi connectivity index (χ1n) is 17.6. The molecule has 10 heteroatoms. The minimum Gasteiger partial charge on any atom is -0.465 e. The van der Waals surface area contributed by atoms with Gasteiger partial charge in [-0.15, -0.1) is 0 Å². The lowest BCUT2D eigenvalue weighted by atomic mass is 9.60. The van der Waals surface area contributed by atoms with Crippen molar-refractivity contribution in [3.63, 3.8) is 0 Å². The van der Waals surface area contributed by atoms with Crippen LogP contribution in [0.15, 0.2) is 60.7 Å². The van der Waals surface area contributed by atoms with Crippen molar-refractivity contribution >= 4 is 24.1 Å². The van der Waals surface area contributed by atoms with E-state index in [1.165, 1.54) is 0 Å². The Kier molecular flexibility index (Phi) is 14.7. The number of aryl methyl sites for hydroxylation is 1. The SMILES string of the molecule is CC(C)(COC(=O)CCc1ccccc1)COC(=O)CC1CC(C)(C)CC(C)(CNC(=O)OCC(C)(C)COC(=O)NCc2ccccc2)C1. The third-order valence-electron chi connectivity index (χ3n) is 8.82. The second-order valence-electron chi connectivity index (χ2n) is 16.6. The van der Waals surface area contributed by atoms with Gasteiger partial charge < -0.3 is 29.6 Å². The van der Waals surface area contributed by atoms with E-state index in [1.807, 2.05) is 88.4 Å². The maximum Gasteiger partial charge on any atom is 0.407 e. The number of hydrogen-bond donors (Lipinski definition) is 2. The predicted molar refractivity (Wildman–Crippen MR) is 192 cm³/mol. The van der Waals surface area contributed by atoms with Crippen LogP contribution in [0.4, 0.5) is 9.59 Å². The Morgan fingerprint density at radius 2 is 1.18 bits per heavy atom. The smallest absolute Gasteiger partial charge is 0.407 e. The number of amides is 2. The third-order valence-corrected chi connectivity index (χ3v) is 8.82. The number of hydrogen-bond acceptors (Lipinski definition) is 8. The lowest BCUT2D eigenvalue weighted by Gasteiger charge is -2.46. The molecular weight excluding hydrogens is 636 g/mol. The zero-order valence-electron chi connectivity index (χ0n) is 31.1. The number of esters is 2. The van der Waals surface area contributed by atoms with E-state index >= 15 is 0 Å². The van der Waals surface area contributed by atoms with Gasteiger partial charge in [-0.3, -0.25) is 9.59 Å². The highest BCUT2D eigenvalue weighted by atomic mass is 16.6. The van der Waals surface area contributed by atoms with Gasteiger partial charge in [-0.25, -0.2) is 9.59 Å². The van der Waals surface area contributed by atoms with Crippen LogP contribution in [-0.2, 0) is 41.5 Å². The van der Waals surface area contributed by atoms with E-state index < -0.39 is 23.0 Å². The van der Waals surface area contributed by atoms with Gasteiger partial charge in [0.15, 0.2) is 0 Å². The van der Waals surface area contributed by atoms with Gasteiger partial charge >= 0.3 is 24.1 Å². The Labute approximate surface area is 298 Å². The molecule has 2 aromatic rings. The van der Waals surface area contributed by atoms with Gasteiger partial charge in [-0.05, 0) is 53.6 Å². The average molecular weight is 695 g/mol. The maximum absolute atomic E-state index is 13.0. The summed E-state index contributed by atoms with van der Waals surface area (Å²) in [7, 11) is 0. The van der Waals surface area contributed by atoms with E-state index in [0.717, 1.165) is 30.4 Å². The standard InChI is InChI=1S/C40H58N2O8/c1-37(2)21-32(20-34(44)48-27-38(3,4)26-47-33(43)19-18-30-14-10-8-11-15-30)22-40(7,24-37)25-42-36(46)50-29-39(5,6)28-49-35(45)41-23-31-16-12-9-13-17-31/h8-17,32H,18-29H2,1-7H3,(H,41,45)(H,42,46). The van der Waals surface area contributed by atoms with Crippen LogP contribution in [0, 0.1) is 27.6 Å². The summed E-state index contributed by atoms with van der Waals surface area (Å²) >= 11 is 0. The fraction of sp³-hybridized carbons (Fsp3) is 0.600. The van der Waals surface area contributed by atoms with E-state index in [2.05, 4.69) is 31.4 Å². The zero-order chi connectivity index (χ0) is 36.8. The lowest BCUT2D eigenvalue weighted by Crippen LogP contribution is -2.44. The summed E-state index contributed by atoms with van der Waals surface area (Å²) in [5.41, 5.74) is 0.682. The summed E-state index contributed by atoms with van der Waals surface area (Å²) in [6, 6.07) is 19.3. The largest absolute Gasteiger partial charge is 0.465 e. The van der Waals surface area contributed by atoms with Gasteiger partial charge in [0, 0.05) is 36.8 Å². The van der Waals surface area contributed by atoms with E-state index in [-0.39, 0.29) is 61.5 Å². The first kappa shape index (κ1) is 40.4. The van der Waals surface area contributed by atoms with Gasteiger partial charge in [-0.2, -0.15) is 0 Å². The first-order chi connectivity index (χ1) is 23.4. The molecular formula is C40H58N2O8. The minimum absolute atomic E-state index is 0.0306. The number of benzene rings is 2. The van der Waals surface area contributed by atoms with Crippen LogP contribution in [0.25, 0.3) is 0 Å². The highest BCUT2D eigenvalue weighted by Gasteiger charge is 2.42. The molecule has 0 aliphatic heterocycles. The Morgan fingerprint density at radius 1 is 0.680 bits per heavy atom. The number of ether oxygens (including phenoxy) is 4. The van der Waals surface area contributed by atoms with Gasteiger partial charge in [0.25, 0.3) is 0 Å². The van der Waals surface area contributed by atoms with Crippen molar-refractivity contribution in [3.8, 4) is 0 Å². The Bertz CT molecular complexity index is 1390. The summed E-state index contributed by atoms with van der Waals surface area (Å²) in [6.07, 6.45) is 2.64. The van der Waals surface area contributed by atoms with Crippen molar-refractivity contribution in [3.05, 3.63) is 71.8 Å². The first-order valence-corrected chi connectivity index (χ1v) is 17.6. The summed E-state index contributed by atoms with van der Waals surface area (Å²) < 4.78 is 22.0. The Hall–Kier alpha value is -4.08. The maximum atomic E-state index is 13.0. The van der Waals surface area contributed by atoms with Gasteiger partial charge in [0.05, 0.1) is 13.2 Å². The monoisotopic (exact) mass is 694 g/mol. The highest BCUT2D eigenvalue weighted by Crippen LogP contribution is 2.49. The summed E-state index contributed by atoms with van der Waals surface area (Å²) in [5.74, 6) is -0.451. The molecule has 1 aliphatic carbocycles. The van der Waals surface area contributed by atoms with Gasteiger partial charge in [0.2, 0.25) is 0 Å². The van der Waals surface area contributed by atoms with Crippen LogP contribution in [-0.4, -0.2) is 57.1 Å². The van der Waals surface area contributed by atoms with E-state index in [4.69, 9.17) is 18.9 Å². The summed E-state index contributed by atoms with van der Waals surface area (Å²) in [4.78, 5) is 50.1. The summed E-state index contributed by atoms with van der Waals surface area (Å²) in [6.45, 7) is 15.3. The van der Waals surface area contributed by atoms with Crippen LogP contribution in [0.2, 0.25) is 0 Å². The number of nitrogens with one attached hydrogen (secondary N) is 2. The molecule has 2 aromatic carbocycles. The topological polar surface area (TPSA) is 129 Å². The number of alkyl carbamates (subject to hydrolysis) is 2. The molecule has 0 bridgehead atoms. The fourth-order valence-electron chi connectivity index (χ4n) is 6.70. The molecule has 0 aromatic heterocycles. The number of carbonyl (C=O) groups excluding carboxylic acids is 4. The molecule has 2 N–H and O–H groups in total. The van der Waals surface area contributed by atoms with Gasteiger partial charge in [-0.1, -0.05) is 109 Å². The lowest BCUT2D eigenvalue weighted by molar-refractivity contribution is -0.153. The molecule has 0 saturated heterocycles. The van der Waals surface area contributed by atoms with Gasteiger partial charge in [0.1, 0.15) is 13.2 Å². The molecule has 10 nitrogen and oxygen atoms in total. The molecule has 0 spiro atoms. The molecule has 276 valence electrons. The van der Waals surface area contributed by atoms with Crippen LogP contribution < -0.4 is 10.6 Å². The number of rotatable bonds is 17. The molecule has 1 fully saturated rings. The normalized spacial score (nSPS) is 18.7. The van der Waals surface area contributed by atoms with Crippen molar-refractivity contribution in [1.29, 1.82) is 0 Å². The van der Waals surface area contributed by atoms with E-state index in [1.54, 1.807) is 0 Å². The molecule has 2 atom stereocenters. The quantitative estimate of drug-likeness (QED) is 0.128. The Balaban J connectivity index is 1.36. The molecule has 1 saturated carbocycles. The van der Waals surface area contributed by atoms with Crippen molar-refractivity contribution in [2.45, 2.75) is 93.5 Å². The average Bonchev–Trinajstić information content (AvgIpc) is 3.05. The minimum atomic E-state index is -0.581. The zero-order valence-corrected chi connectivity index (χ0v) is 31.1. The molecule has 50 heavy (non-hydrogen) atoms. The molecule has 0 radical (unpaired) electrons. The van der Waals surface area contributed by atoms with Crippen molar-refractivity contribution < 1.29 is 38.1 Å². The van der Waals surface area contributed by atoms with E-state index in [0.29, 0.717) is 25.9 Å². The van der Waals surface area contributed by atoms with Crippen LogP contribution in [0.1, 0.15) is 91.7 Å². The predicted octanol–water partition coefficient (Wildman–Crippen LogP) is 7.63. The van der Waals surface area contributed by atoms with Crippen LogP contribution in [0.3, 0.4) is 0 Å². The third kappa shape index (κ3) is 15.6. The molecule has 2 unspecified atom stereocenters. The molecule has 3 rings (SSSR count). The second-order valence-corrected chi connectivity index (χ2v) is 16.6. The van der Waals surface area contributed by atoms with Crippen LogP contribution in [0.5, 0.6) is 0 Å². The van der Waals surface area contributed by atoms with Crippen molar-refractivity contribution in [2.24, 2.45) is 27.6 Å². The summed E-state index contributed by atoms with van der Waals surface area (Å²) in [5, 5.41) is 5.65. The fourth-order valence-corrected chi connectivity index (χ4v) is 6.70. The van der Waals surface area contributed by atoms with E-state index in [9.17, 15) is 19.2 Å². The molecule has 2 amide bonds. The van der Waals surface area contributed by atoms with Crippen molar-refractivity contribution in [2.75, 3.05) is 33.0 Å². The molecule has 0 heterocycles. The Morgan fingerprint density at radius 3 is 1.76 bits per heavy atom. The van der Waals surface area contributed by atoms with Crippen molar-refractivity contribution in [1.82, 2.24) is 10.6 Å². The second kappa shape index (κ2) is 18.2. The molecule has 1 aliphatic rings. The number of carbonyl (C=O) groups is 4. The van der Waals surface area contributed by atoms with Crippen LogP contribution >= 0.6 is 0 Å². The highest BCUT2D eigenvalue weighted by molar-refractivity contribution is 5.70.